The zero-order valence-corrected chi connectivity index (χ0v) is 12.3. The van der Waals surface area contributed by atoms with E-state index in [9.17, 15) is 0 Å². The van der Waals surface area contributed by atoms with Gasteiger partial charge in [0, 0.05) is 42.7 Å². The number of hydrogen-bond acceptors (Lipinski definition) is 3. The normalized spacial score (nSPS) is 15.2. The van der Waals surface area contributed by atoms with Crippen LogP contribution in [0.4, 0.5) is 0 Å². The van der Waals surface area contributed by atoms with Crippen LogP contribution in [0.15, 0.2) is 23.3 Å². The van der Waals surface area contributed by atoms with Crippen molar-refractivity contribution in [2.24, 2.45) is 4.99 Å². The smallest absolute Gasteiger partial charge is 0.124 e. The predicted molar refractivity (Wildman–Crippen MR) is 78.3 cm³/mol. The zero-order valence-electron chi connectivity index (χ0n) is 9.99. The molecule has 1 aliphatic heterocycles. The van der Waals surface area contributed by atoms with Gasteiger partial charge >= 0.3 is 0 Å². The first-order chi connectivity index (χ1) is 8.49. The van der Waals surface area contributed by atoms with E-state index in [0.717, 1.165) is 11.1 Å². The fourth-order valence-electron chi connectivity index (χ4n) is 1.60. The zero-order chi connectivity index (χ0) is 13.3. The summed E-state index contributed by atoms with van der Waals surface area (Å²) in [5.74, 6) is 0. The molecule has 0 unspecified atom stereocenters. The minimum atomic E-state index is 0.440. The van der Waals surface area contributed by atoms with Crippen molar-refractivity contribution >= 4 is 46.6 Å². The van der Waals surface area contributed by atoms with Crippen molar-refractivity contribution in [1.82, 2.24) is 10.0 Å². The van der Waals surface area contributed by atoms with Crippen LogP contribution in [-0.2, 0) is 0 Å². The van der Waals surface area contributed by atoms with E-state index in [0.29, 0.717) is 21.7 Å². The lowest BCUT2D eigenvalue weighted by molar-refractivity contribution is 0.0864. The van der Waals surface area contributed by atoms with Crippen LogP contribution in [0.5, 0.6) is 0 Å². The highest BCUT2D eigenvalue weighted by atomic mass is 35.5. The van der Waals surface area contributed by atoms with Crippen LogP contribution in [0.3, 0.4) is 0 Å². The van der Waals surface area contributed by atoms with E-state index in [4.69, 9.17) is 34.8 Å². The van der Waals surface area contributed by atoms with Gasteiger partial charge in [0.1, 0.15) is 6.67 Å². The standard InChI is InChI=1S/C12H12Cl3N3/c1-17(2)18-6-8(5-16-7-18)10-3-9(13)4-11(14)12(10)15/h3-6H,7H2,1-2H3. The molecule has 1 heterocycles. The van der Waals surface area contributed by atoms with Crippen LogP contribution in [0, 0.1) is 0 Å². The summed E-state index contributed by atoms with van der Waals surface area (Å²) in [7, 11) is 3.89. The Morgan fingerprint density at radius 3 is 2.61 bits per heavy atom. The summed E-state index contributed by atoms with van der Waals surface area (Å²) < 4.78 is 0. The van der Waals surface area contributed by atoms with Crippen LogP contribution >= 0.6 is 34.8 Å². The van der Waals surface area contributed by atoms with Crippen LogP contribution in [0.1, 0.15) is 5.56 Å². The third kappa shape index (κ3) is 2.81. The molecule has 2 rings (SSSR count). The molecule has 0 saturated carbocycles. The molecule has 1 aromatic carbocycles. The Hall–Kier alpha value is -0.740. The van der Waals surface area contributed by atoms with Crippen molar-refractivity contribution in [3.63, 3.8) is 0 Å². The molecule has 0 aliphatic carbocycles. The molecule has 0 aromatic heterocycles. The Balaban J connectivity index is 2.45. The minimum absolute atomic E-state index is 0.440. The van der Waals surface area contributed by atoms with Crippen molar-refractivity contribution in [3.05, 3.63) is 39.0 Å². The van der Waals surface area contributed by atoms with Crippen molar-refractivity contribution < 1.29 is 0 Å². The molecular weight excluding hydrogens is 293 g/mol. The highest BCUT2D eigenvalue weighted by Gasteiger charge is 2.14. The first-order valence-corrected chi connectivity index (χ1v) is 6.43. The van der Waals surface area contributed by atoms with Crippen molar-refractivity contribution in [1.29, 1.82) is 0 Å². The van der Waals surface area contributed by atoms with E-state index in [1.165, 1.54) is 0 Å². The van der Waals surface area contributed by atoms with Gasteiger partial charge in [0.25, 0.3) is 0 Å². The first kappa shape index (κ1) is 13.7. The van der Waals surface area contributed by atoms with Crippen molar-refractivity contribution in [3.8, 4) is 0 Å². The van der Waals surface area contributed by atoms with Crippen LogP contribution in [-0.4, -0.2) is 37.0 Å². The predicted octanol–water partition coefficient (Wildman–Crippen LogP) is 3.81. The number of rotatable bonds is 2. The van der Waals surface area contributed by atoms with Gasteiger partial charge in [0.05, 0.1) is 10.0 Å². The van der Waals surface area contributed by atoms with Crippen molar-refractivity contribution in [2.75, 3.05) is 20.8 Å². The molecule has 1 aliphatic rings. The second-order valence-electron chi connectivity index (χ2n) is 4.07. The van der Waals surface area contributed by atoms with E-state index in [2.05, 4.69) is 4.99 Å². The second-order valence-corrected chi connectivity index (χ2v) is 5.29. The molecule has 0 atom stereocenters. The van der Waals surface area contributed by atoms with Crippen LogP contribution in [0.2, 0.25) is 15.1 Å². The number of hydrazine groups is 1. The molecule has 1 aromatic rings. The molecule has 0 N–H and O–H groups in total. The average molecular weight is 305 g/mol. The maximum Gasteiger partial charge on any atom is 0.124 e. The van der Waals surface area contributed by atoms with E-state index < -0.39 is 0 Å². The van der Waals surface area contributed by atoms with Gasteiger partial charge in [0.2, 0.25) is 0 Å². The molecule has 6 heteroatoms. The quantitative estimate of drug-likeness (QED) is 0.774. The fourth-order valence-corrected chi connectivity index (χ4v) is 2.32. The number of hydrogen-bond donors (Lipinski definition) is 0. The highest BCUT2D eigenvalue weighted by Crippen LogP contribution is 2.34. The minimum Gasteiger partial charge on any atom is -0.291 e. The summed E-state index contributed by atoms with van der Waals surface area (Å²) in [5.41, 5.74) is 1.66. The molecule has 0 amide bonds. The molecule has 18 heavy (non-hydrogen) atoms. The van der Waals surface area contributed by atoms with Gasteiger partial charge in [-0.1, -0.05) is 34.8 Å². The monoisotopic (exact) mass is 303 g/mol. The van der Waals surface area contributed by atoms with E-state index in [-0.39, 0.29) is 0 Å². The summed E-state index contributed by atoms with van der Waals surface area (Å²) in [5, 5.41) is 5.38. The summed E-state index contributed by atoms with van der Waals surface area (Å²) in [6, 6.07) is 3.41. The van der Waals surface area contributed by atoms with Gasteiger partial charge in [-0.25, -0.2) is 5.01 Å². The Kier molecular flexibility index (Phi) is 4.17. The summed E-state index contributed by atoms with van der Waals surface area (Å²) in [6.45, 7) is 0.586. The van der Waals surface area contributed by atoms with Crippen LogP contribution in [0.25, 0.3) is 5.57 Å². The molecule has 0 bridgehead atoms. The lowest BCUT2D eigenvalue weighted by atomic mass is 10.1. The Bertz CT molecular complexity index is 524. The van der Waals surface area contributed by atoms with Gasteiger partial charge in [-0.05, 0) is 12.1 Å². The Labute approximate surface area is 121 Å². The van der Waals surface area contributed by atoms with Crippen molar-refractivity contribution in [2.45, 2.75) is 0 Å². The molecule has 3 nitrogen and oxygen atoms in total. The third-order valence-corrected chi connectivity index (χ3v) is 3.58. The van der Waals surface area contributed by atoms with E-state index >= 15 is 0 Å². The second kappa shape index (κ2) is 5.49. The number of allylic oxidation sites excluding steroid dienone is 1. The number of nitrogens with zero attached hydrogens (tertiary/aromatic N) is 3. The maximum atomic E-state index is 6.20. The van der Waals surface area contributed by atoms with Gasteiger partial charge in [-0.2, -0.15) is 0 Å². The third-order valence-electron chi connectivity index (χ3n) is 2.56. The Morgan fingerprint density at radius 1 is 1.22 bits per heavy atom. The van der Waals surface area contributed by atoms with Gasteiger partial charge in [-0.3, -0.25) is 10.0 Å². The van der Waals surface area contributed by atoms with E-state index in [1.54, 1.807) is 18.3 Å². The van der Waals surface area contributed by atoms with Gasteiger partial charge < -0.3 is 0 Å². The SMILES string of the molecule is CN(C)N1C=C(c2cc(Cl)cc(Cl)c2Cl)C=NC1. The molecule has 0 spiro atoms. The average Bonchev–Trinajstić information content (AvgIpc) is 2.34. The summed E-state index contributed by atoms with van der Waals surface area (Å²) >= 11 is 18.2. The largest absolute Gasteiger partial charge is 0.291 e. The summed E-state index contributed by atoms with van der Waals surface area (Å²) in [4.78, 5) is 4.28. The van der Waals surface area contributed by atoms with E-state index in [1.807, 2.05) is 30.3 Å². The van der Waals surface area contributed by atoms with Crippen LogP contribution < -0.4 is 0 Å². The fraction of sp³-hybridized carbons (Fsp3) is 0.250. The lowest BCUT2D eigenvalue weighted by Gasteiger charge is -2.28. The first-order valence-electron chi connectivity index (χ1n) is 5.29. The molecule has 0 fully saturated rings. The molecule has 0 saturated heterocycles. The number of benzene rings is 1. The topological polar surface area (TPSA) is 18.8 Å². The van der Waals surface area contributed by atoms with Gasteiger partial charge in [-0.15, -0.1) is 0 Å². The Morgan fingerprint density at radius 2 is 1.94 bits per heavy atom. The number of halogens is 3. The molecular formula is C12H12Cl3N3. The summed E-state index contributed by atoms with van der Waals surface area (Å²) in [6.07, 6.45) is 3.73. The number of aliphatic imine (C=N–C) groups is 1. The lowest BCUT2D eigenvalue weighted by Crippen LogP contribution is -2.34. The highest BCUT2D eigenvalue weighted by molar-refractivity contribution is 6.45. The molecule has 0 radical (unpaired) electrons. The van der Waals surface area contributed by atoms with Gasteiger partial charge in [0.15, 0.2) is 0 Å². The maximum absolute atomic E-state index is 6.20. The molecule has 96 valence electrons.